The number of nitrogens with one attached hydrogen (secondary N) is 3. The molecule has 3 heterocycles. The number of anilines is 2. The average Bonchev–Trinajstić information content (AvgIpc) is 3.36. The van der Waals surface area contributed by atoms with Gasteiger partial charge in [-0.15, -0.1) is 5.10 Å². The Hall–Kier alpha value is -3.63. The molecule has 0 fully saturated rings. The summed E-state index contributed by atoms with van der Waals surface area (Å²) in [7, 11) is 0. The highest BCUT2D eigenvalue weighted by atomic mass is 19.4. The van der Waals surface area contributed by atoms with Gasteiger partial charge in [0.25, 0.3) is 5.89 Å². The number of hydrogen-bond donors (Lipinski definition) is 3. The van der Waals surface area contributed by atoms with Gasteiger partial charge in [0.2, 0.25) is 0 Å². The van der Waals surface area contributed by atoms with Crippen LogP contribution in [0.15, 0.2) is 35.0 Å². The van der Waals surface area contributed by atoms with Crippen LogP contribution in [0.5, 0.6) is 0 Å². The van der Waals surface area contributed by atoms with Crippen LogP contribution in [0.25, 0.3) is 22.5 Å². The molecule has 0 aliphatic rings. The number of alkyl halides is 3. The van der Waals surface area contributed by atoms with Crippen LogP contribution in [-0.2, 0) is 12.0 Å². The van der Waals surface area contributed by atoms with Crippen LogP contribution in [0.4, 0.5) is 24.9 Å². The molecule has 0 unspecified atom stereocenters. The van der Waals surface area contributed by atoms with Gasteiger partial charge in [-0.05, 0) is 41.7 Å². The van der Waals surface area contributed by atoms with E-state index in [2.05, 4.69) is 30.5 Å². The molecule has 4 aromatic rings. The van der Waals surface area contributed by atoms with Crippen molar-refractivity contribution in [3.8, 4) is 11.6 Å². The summed E-state index contributed by atoms with van der Waals surface area (Å²) in [6.07, 6.45) is -1.19. The summed E-state index contributed by atoms with van der Waals surface area (Å²) in [6.45, 7) is 7.95. The van der Waals surface area contributed by atoms with Crippen molar-refractivity contribution in [2.75, 3.05) is 10.6 Å². The quantitative estimate of drug-likeness (QED) is 0.365. The molecule has 0 aliphatic heterocycles. The first-order chi connectivity index (χ1) is 15.0. The van der Waals surface area contributed by atoms with Crippen molar-refractivity contribution in [2.24, 2.45) is 0 Å². The molecular formula is C21H22F3N7O. The predicted molar refractivity (Wildman–Crippen MR) is 114 cm³/mol. The highest BCUT2D eigenvalue weighted by molar-refractivity contribution is 5.90. The Morgan fingerprint density at radius 2 is 1.88 bits per heavy atom. The van der Waals surface area contributed by atoms with Gasteiger partial charge in [-0.25, -0.2) is 9.97 Å². The molecule has 0 radical (unpaired) electrons. The molecule has 0 aliphatic carbocycles. The first-order valence-electron chi connectivity index (χ1n) is 9.86. The van der Waals surface area contributed by atoms with Gasteiger partial charge >= 0.3 is 12.3 Å². The second-order valence-electron chi connectivity index (χ2n) is 8.42. The van der Waals surface area contributed by atoms with Crippen molar-refractivity contribution in [1.29, 1.82) is 0 Å². The molecule has 11 heteroatoms. The van der Waals surface area contributed by atoms with E-state index in [1.807, 2.05) is 27.7 Å². The molecule has 168 valence electrons. The van der Waals surface area contributed by atoms with Crippen molar-refractivity contribution in [3.05, 3.63) is 47.5 Å². The van der Waals surface area contributed by atoms with Gasteiger partial charge in [0.05, 0.1) is 12.1 Å². The van der Waals surface area contributed by atoms with E-state index >= 15 is 0 Å². The van der Waals surface area contributed by atoms with Crippen molar-refractivity contribution >= 4 is 22.6 Å². The molecule has 4 rings (SSSR count). The van der Waals surface area contributed by atoms with Gasteiger partial charge in [-0.2, -0.15) is 13.2 Å². The van der Waals surface area contributed by atoms with E-state index in [1.165, 1.54) is 12.1 Å². The fourth-order valence-corrected chi connectivity index (χ4v) is 3.36. The van der Waals surface area contributed by atoms with Crippen LogP contribution in [0.1, 0.15) is 37.7 Å². The number of imidazole rings is 1. The van der Waals surface area contributed by atoms with Crippen molar-refractivity contribution in [3.63, 3.8) is 0 Å². The highest BCUT2D eigenvalue weighted by Crippen LogP contribution is 2.36. The fraction of sp³-hybridized carbons (Fsp3) is 0.333. The first kappa shape index (κ1) is 21.6. The van der Waals surface area contributed by atoms with Gasteiger partial charge < -0.3 is 14.7 Å². The van der Waals surface area contributed by atoms with Gasteiger partial charge in [-0.1, -0.05) is 25.9 Å². The van der Waals surface area contributed by atoms with Crippen molar-refractivity contribution in [2.45, 2.75) is 46.0 Å². The minimum absolute atomic E-state index is 0.0326. The van der Waals surface area contributed by atoms with Gasteiger partial charge in [0.15, 0.2) is 0 Å². The van der Waals surface area contributed by atoms with Crippen molar-refractivity contribution < 1.29 is 17.6 Å². The Morgan fingerprint density at radius 1 is 1.09 bits per heavy atom. The number of rotatable bonds is 5. The maximum Gasteiger partial charge on any atom is 0.482 e. The largest absolute Gasteiger partial charge is 0.482 e. The molecule has 0 saturated carbocycles. The molecule has 32 heavy (non-hydrogen) atoms. The third kappa shape index (κ3) is 4.66. The first-order valence-corrected chi connectivity index (χ1v) is 9.86. The molecule has 0 spiro atoms. The second-order valence-corrected chi connectivity index (χ2v) is 8.42. The molecule has 8 nitrogen and oxygen atoms in total. The smallest absolute Gasteiger partial charge is 0.402 e. The zero-order valence-corrected chi connectivity index (χ0v) is 17.9. The topological polar surface area (TPSA) is 105 Å². The third-order valence-corrected chi connectivity index (χ3v) is 4.82. The van der Waals surface area contributed by atoms with E-state index in [1.54, 1.807) is 23.8 Å². The minimum Gasteiger partial charge on any atom is -0.402 e. The molecular weight excluding hydrogens is 423 g/mol. The summed E-state index contributed by atoms with van der Waals surface area (Å²) in [6, 6.07) is 4.86. The Morgan fingerprint density at radius 3 is 2.53 bits per heavy atom. The lowest BCUT2D eigenvalue weighted by Crippen LogP contribution is -2.21. The Kier molecular flexibility index (Phi) is 5.27. The third-order valence-electron chi connectivity index (χ3n) is 4.82. The van der Waals surface area contributed by atoms with Gasteiger partial charge in [-0.3, -0.25) is 5.32 Å². The van der Waals surface area contributed by atoms with Crippen LogP contribution in [-0.4, -0.2) is 31.4 Å². The fourth-order valence-electron chi connectivity index (χ4n) is 3.36. The number of hydrogen-bond acceptors (Lipinski definition) is 7. The number of aryl methyl sites for hydroxylation is 1. The summed E-state index contributed by atoms with van der Waals surface area (Å²) in [5.41, 5.74) is 1.95. The van der Waals surface area contributed by atoms with E-state index in [0.29, 0.717) is 34.5 Å². The number of benzene rings is 1. The lowest BCUT2D eigenvalue weighted by atomic mass is 9.84. The molecule has 3 N–H and O–H groups in total. The average molecular weight is 445 g/mol. The minimum atomic E-state index is -4.53. The lowest BCUT2D eigenvalue weighted by molar-refractivity contribution is -0.0999. The maximum absolute atomic E-state index is 12.9. The second kappa shape index (κ2) is 7.81. The standard InChI is InChI=1S/C21H22F3N7O/c1-11-7-15(18-30-31-19(32-18)27-10-16-25-5-6-26-16)28-17-13(11)8-12(29-21(22,23)24)9-14(17)20(2,3)4/h5-9,29H,10H2,1-4H3,(H,25,26)(H,27,31). The number of pyridine rings is 1. The zero-order valence-electron chi connectivity index (χ0n) is 17.9. The molecule has 0 saturated heterocycles. The van der Waals surface area contributed by atoms with Crippen molar-refractivity contribution in [1.82, 2.24) is 25.1 Å². The molecule has 3 aromatic heterocycles. The Labute approximate surface area is 181 Å². The van der Waals surface area contributed by atoms with E-state index < -0.39 is 11.7 Å². The highest BCUT2D eigenvalue weighted by Gasteiger charge is 2.29. The number of nitrogens with zero attached hydrogens (tertiary/aromatic N) is 4. The normalized spacial score (nSPS) is 12.3. The number of halogens is 3. The molecule has 0 atom stereocenters. The molecule has 1 aromatic carbocycles. The number of aromatic amines is 1. The Bertz CT molecular complexity index is 1240. The van der Waals surface area contributed by atoms with E-state index in [-0.39, 0.29) is 17.6 Å². The summed E-state index contributed by atoms with van der Waals surface area (Å²) >= 11 is 0. The van der Waals surface area contributed by atoms with Crippen LogP contribution >= 0.6 is 0 Å². The molecule has 0 bridgehead atoms. The summed E-state index contributed by atoms with van der Waals surface area (Å²) < 4.78 is 44.5. The predicted octanol–water partition coefficient (Wildman–Crippen LogP) is 5.16. The van der Waals surface area contributed by atoms with E-state index in [4.69, 9.17) is 4.42 Å². The lowest BCUT2D eigenvalue weighted by Gasteiger charge is -2.23. The van der Waals surface area contributed by atoms with Crippen LogP contribution in [0.2, 0.25) is 0 Å². The van der Waals surface area contributed by atoms with Crippen LogP contribution in [0, 0.1) is 6.92 Å². The summed E-state index contributed by atoms with van der Waals surface area (Å²) in [5, 5.41) is 13.2. The number of H-pyrrole nitrogens is 1. The maximum atomic E-state index is 12.9. The summed E-state index contributed by atoms with van der Waals surface area (Å²) in [5.74, 6) is 0.914. The molecule has 0 amide bonds. The Balaban J connectivity index is 1.73. The van der Waals surface area contributed by atoms with E-state index in [0.717, 1.165) is 5.56 Å². The zero-order chi connectivity index (χ0) is 23.1. The van der Waals surface area contributed by atoms with Crippen LogP contribution in [0.3, 0.4) is 0 Å². The van der Waals surface area contributed by atoms with E-state index in [9.17, 15) is 13.2 Å². The van der Waals surface area contributed by atoms with Crippen LogP contribution < -0.4 is 10.6 Å². The van der Waals surface area contributed by atoms with Gasteiger partial charge in [0.1, 0.15) is 11.5 Å². The monoisotopic (exact) mass is 445 g/mol. The number of fused-ring (bicyclic) bond motifs is 1. The van der Waals surface area contributed by atoms with Gasteiger partial charge in [0, 0.05) is 23.5 Å². The summed E-state index contributed by atoms with van der Waals surface area (Å²) in [4.78, 5) is 11.8. The SMILES string of the molecule is Cc1cc(-c2nnc(NCc3ncc[nH]3)o2)nc2c(C(C)(C)C)cc(NC(F)(F)F)cc12. The number of aromatic nitrogens is 5.